The van der Waals surface area contributed by atoms with Crippen LogP contribution < -0.4 is 0 Å². The Labute approximate surface area is 101 Å². The normalized spacial score (nSPS) is 24.1. The van der Waals surface area contributed by atoms with Gasteiger partial charge in [-0.1, -0.05) is 41.6 Å². The summed E-state index contributed by atoms with van der Waals surface area (Å²) in [5.74, 6) is -3.20. The average Bonchev–Trinajstić information content (AvgIpc) is 2.71. The van der Waals surface area contributed by atoms with Crippen LogP contribution in [-0.2, 0) is 4.84 Å². The second-order valence-electron chi connectivity index (χ2n) is 3.88. The molecule has 18 heavy (non-hydrogen) atoms. The van der Waals surface area contributed by atoms with Gasteiger partial charge < -0.3 is 9.94 Å². The zero-order valence-electron chi connectivity index (χ0n) is 9.19. The maximum atomic E-state index is 12.4. The van der Waals surface area contributed by atoms with Crippen molar-refractivity contribution in [2.45, 2.75) is 18.4 Å². The van der Waals surface area contributed by atoms with Gasteiger partial charge in [0.1, 0.15) is 0 Å². The Hall–Kier alpha value is -1.82. The minimum atomic E-state index is -4.86. The van der Waals surface area contributed by atoms with Crippen molar-refractivity contribution in [2.75, 3.05) is 0 Å². The summed E-state index contributed by atoms with van der Waals surface area (Å²) >= 11 is 0. The highest BCUT2D eigenvalue weighted by Gasteiger charge is 2.60. The van der Waals surface area contributed by atoms with E-state index in [1.54, 1.807) is 30.3 Å². The van der Waals surface area contributed by atoms with Crippen molar-refractivity contribution in [1.82, 2.24) is 0 Å². The van der Waals surface area contributed by atoms with Crippen molar-refractivity contribution in [3.63, 3.8) is 0 Å². The Balaban J connectivity index is 2.04. The highest BCUT2D eigenvalue weighted by atomic mass is 19.4. The fourth-order valence-electron chi connectivity index (χ4n) is 1.44. The molecular formula is C12H10F3NO2. The van der Waals surface area contributed by atoms with E-state index < -0.39 is 18.4 Å². The first-order valence-corrected chi connectivity index (χ1v) is 5.18. The Morgan fingerprint density at radius 2 is 1.89 bits per heavy atom. The third-order valence-electron chi connectivity index (χ3n) is 2.45. The molecule has 1 aromatic rings. The summed E-state index contributed by atoms with van der Waals surface area (Å²) in [6, 6.07) is 9.03. The topological polar surface area (TPSA) is 41.8 Å². The van der Waals surface area contributed by atoms with Gasteiger partial charge in [0, 0.05) is 0 Å². The first-order chi connectivity index (χ1) is 8.41. The standard InChI is InChI=1S/C12H10F3NO2/c13-12(14,15)11(17)8-10(16-18-11)7-6-9-4-2-1-3-5-9/h1-7,17H,8H2. The van der Waals surface area contributed by atoms with Gasteiger partial charge in [-0.05, 0) is 11.6 Å². The number of oxime groups is 1. The molecule has 0 radical (unpaired) electrons. The van der Waals surface area contributed by atoms with Crippen molar-refractivity contribution < 1.29 is 23.1 Å². The molecular weight excluding hydrogens is 247 g/mol. The SMILES string of the molecule is OC1(C(F)(F)F)CC(C=Cc2ccccc2)=NO1. The molecule has 1 aliphatic heterocycles. The van der Waals surface area contributed by atoms with Crippen molar-refractivity contribution in [1.29, 1.82) is 0 Å². The lowest BCUT2D eigenvalue weighted by molar-refractivity contribution is -0.355. The number of nitrogens with zero attached hydrogens (tertiary/aromatic N) is 1. The third kappa shape index (κ3) is 2.53. The van der Waals surface area contributed by atoms with E-state index in [1.807, 2.05) is 6.07 Å². The van der Waals surface area contributed by atoms with Gasteiger partial charge in [0.15, 0.2) is 0 Å². The number of allylic oxidation sites excluding steroid dienone is 1. The smallest absolute Gasteiger partial charge is 0.350 e. The molecule has 1 N–H and O–H groups in total. The summed E-state index contributed by atoms with van der Waals surface area (Å²) in [4.78, 5) is 4.07. The molecule has 1 aromatic carbocycles. The molecule has 6 heteroatoms. The van der Waals surface area contributed by atoms with E-state index in [1.165, 1.54) is 6.08 Å². The second kappa shape index (κ2) is 4.45. The number of rotatable bonds is 2. The van der Waals surface area contributed by atoms with E-state index in [-0.39, 0.29) is 5.71 Å². The van der Waals surface area contributed by atoms with Crippen LogP contribution in [0.25, 0.3) is 6.08 Å². The molecule has 3 nitrogen and oxygen atoms in total. The highest BCUT2D eigenvalue weighted by molar-refractivity contribution is 5.99. The molecule has 0 bridgehead atoms. The van der Waals surface area contributed by atoms with Gasteiger partial charge in [-0.2, -0.15) is 13.2 Å². The molecule has 0 spiro atoms. The van der Waals surface area contributed by atoms with Gasteiger partial charge in [-0.3, -0.25) is 0 Å². The van der Waals surface area contributed by atoms with E-state index in [0.29, 0.717) is 0 Å². The Bertz CT molecular complexity index is 482. The molecule has 1 atom stereocenters. The molecule has 0 aromatic heterocycles. The summed E-state index contributed by atoms with van der Waals surface area (Å²) in [7, 11) is 0. The Kier molecular flexibility index (Phi) is 3.13. The Morgan fingerprint density at radius 1 is 1.22 bits per heavy atom. The van der Waals surface area contributed by atoms with Crippen molar-refractivity contribution >= 4 is 11.8 Å². The summed E-state index contributed by atoms with van der Waals surface area (Å²) in [6.45, 7) is 0. The van der Waals surface area contributed by atoms with E-state index in [0.717, 1.165) is 5.56 Å². The predicted octanol–water partition coefficient (Wildman–Crippen LogP) is 2.73. The van der Waals surface area contributed by atoms with Gasteiger partial charge in [-0.15, -0.1) is 0 Å². The fraction of sp³-hybridized carbons (Fsp3) is 0.250. The maximum Gasteiger partial charge on any atom is 0.458 e. The largest absolute Gasteiger partial charge is 0.458 e. The van der Waals surface area contributed by atoms with Crippen molar-refractivity contribution in [2.24, 2.45) is 5.16 Å². The molecule has 0 saturated carbocycles. The number of halogens is 3. The number of hydrogen-bond acceptors (Lipinski definition) is 3. The van der Waals surface area contributed by atoms with Crippen LogP contribution in [0.3, 0.4) is 0 Å². The first-order valence-electron chi connectivity index (χ1n) is 5.18. The van der Waals surface area contributed by atoms with Crippen LogP contribution in [0.15, 0.2) is 41.6 Å². The van der Waals surface area contributed by atoms with E-state index in [2.05, 4.69) is 9.99 Å². The quantitative estimate of drug-likeness (QED) is 0.885. The monoisotopic (exact) mass is 257 g/mol. The van der Waals surface area contributed by atoms with E-state index in [4.69, 9.17) is 0 Å². The minimum absolute atomic E-state index is 0.0404. The van der Waals surface area contributed by atoms with Gasteiger partial charge in [0.2, 0.25) is 0 Å². The van der Waals surface area contributed by atoms with Crippen LogP contribution in [0.5, 0.6) is 0 Å². The van der Waals surface area contributed by atoms with Gasteiger partial charge in [-0.25, -0.2) is 0 Å². The van der Waals surface area contributed by atoms with Crippen LogP contribution in [-0.4, -0.2) is 22.8 Å². The van der Waals surface area contributed by atoms with Crippen LogP contribution >= 0.6 is 0 Å². The first kappa shape index (κ1) is 12.6. The lowest BCUT2D eigenvalue weighted by Crippen LogP contribution is -2.45. The molecule has 0 amide bonds. The summed E-state index contributed by atoms with van der Waals surface area (Å²) in [5.41, 5.74) is 0.862. The number of hydrogen-bond donors (Lipinski definition) is 1. The lowest BCUT2D eigenvalue weighted by Gasteiger charge is -2.22. The van der Waals surface area contributed by atoms with Crippen LogP contribution in [0, 0.1) is 0 Å². The summed E-state index contributed by atoms with van der Waals surface area (Å²) in [6.07, 6.45) is -2.58. The van der Waals surface area contributed by atoms with Crippen LogP contribution in [0.2, 0.25) is 0 Å². The molecule has 0 saturated heterocycles. The fourth-order valence-corrected chi connectivity index (χ4v) is 1.44. The molecule has 2 rings (SSSR count). The second-order valence-corrected chi connectivity index (χ2v) is 3.88. The van der Waals surface area contributed by atoms with Crippen LogP contribution in [0.1, 0.15) is 12.0 Å². The Morgan fingerprint density at radius 3 is 2.44 bits per heavy atom. The van der Waals surface area contributed by atoms with E-state index >= 15 is 0 Å². The minimum Gasteiger partial charge on any atom is -0.350 e. The van der Waals surface area contributed by atoms with Gasteiger partial charge in [0.05, 0.1) is 12.1 Å². The molecule has 1 aliphatic rings. The molecule has 0 fully saturated rings. The maximum absolute atomic E-state index is 12.4. The summed E-state index contributed by atoms with van der Waals surface area (Å²) < 4.78 is 37.2. The average molecular weight is 257 g/mol. The van der Waals surface area contributed by atoms with Gasteiger partial charge in [0.25, 0.3) is 0 Å². The zero-order valence-corrected chi connectivity index (χ0v) is 9.19. The molecule has 0 aliphatic carbocycles. The van der Waals surface area contributed by atoms with Crippen LogP contribution in [0.4, 0.5) is 13.2 Å². The predicted molar refractivity (Wildman–Crippen MR) is 59.6 cm³/mol. The zero-order chi connectivity index (χ0) is 13.2. The lowest BCUT2D eigenvalue weighted by atomic mass is 10.1. The number of aliphatic hydroxyl groups is 1. The van der Waals surface area contributed by atoms with Crippen molar-refractivity contribution in [3.8, 4) is 0 Å². The third-order valence-corrected chi connectivity index (χ3v) is 2.45. The highest BCUT2D eigenvalue weighted by Crippen LogP contribution is 2.37. The van der Waals surface area contributed by atoms with Gasteiger partial charge >= 0.3 is 12.0 Å². The summed E-state index contributed by atoms with van der Waals surface area (Å²) in [5, 5.41) is 12.4. The number of alkyl halides is 3. The molecule has 1 unspecified atom stereocenters. The number of benzene rings is 1. The molecule has 1 heterocycles. The molecule has 96 valence electrons. The van der Waals surface area contributed by atoms with Crippen molar-refractivity contribution in [3.05, 3.63) is 42.0 Å². The van der Waals surface area contributed by atoms with E-state index in [9.17, 15) is 18.3 Å².